The number of hydrogen-bond acceptors (Lipinski definition) is 6. The molecule has 0 radical (unpaired) electrons. The summed E-state index contributed by atoms with van der Waals surface area (Å²) in [5, 5.41) is 0. The minimum atomic E-state index is -0.674. The molecule has 1 amide bonds. The highest BCUT2D eigenvalue weighted by atomic mass is 32.2. The van der Waals surface area contributed by atoms with Crippen molar-refractivity contribution in [1.29, 1.82) is 0 Å². The van der Waals surface area contributed by atoms with Gasteiger partial charge < -0.3 is 14.4 Å². The average molecular weight is 507 g/mol. The van der Waals surface area contributed by atoms with E-state index in [1.54, 1.807) is 33.9 Å². The van der Waals surface area contributed by atoms with Gasteiger partial charge in [0.2, 0.25) is 5.91 Å². The lowest BCUT2D eigenvalue weighted by Crippen LogP contribution is -2.51. The van der Waals surface area contributed by atoms with Crippen LogP contribution in [0.5, 0.6) is 0 Å². The molecule has 0 spiro atoms. The Morgan fingerprint density at radius 3 is 2.60 bits per heavy atom. The lowest BCUT2D eigenvalue weighted by atomic mass is 10.1. The van der Waals surface area contributed by atoms with E-state index in [0.717, 1.165) is 29.0 Å². The molecular formula is C26H32F2N2O4S. The number of esters is 1. The first-order chi connectivity index (χ1) is 16.4. The van der Waals surface area contributed by atoms with Gasteiger partial charge in [-0.25, -0.2) is 13.6 Å². The zero-order valence-corrected chi connectivity index (χ0v) is 21.6. The molecule has 2 aromatic carbocycles. The monoisotopic (exact) mass is 506 g/mol. The topological polar surface area (TPSA) is 59.1 Å². The highest BCUT2D eigenvalue weighted by Crippen LogP contribution is 2.25. The summed E-state index contributed by atoms with van der Waals surface area (Å²) in [5.74, 6) is -1.61. The molecule has 1 heterocycles. The standard InChI is InChI=1S/C26H32F2N2O4S/c1-17-12-20(27)8-6-19(17)14-30-10-11-33-24(15-30)29(5)23(31)16-35-22-9-7-18(13-21(22)28)25(32)34-26(2,3)4/h6-9,12-13,24H,10-11,14-16H2,1-5H3/t24-/m0/s1. The first-order valence-corrected chi connectivity index (χ1v) is 12.4. The van der Waals surface area contributed by atoms with E-state index in [2.05, 4.69) is 4.90 Å². The van der Waals surface area contributed by atoms with Gasteiger partial charge >= 0.3 is 5.97 Å². The van der Waals surface area contributed by atoms with E-state index >= 15 is 0 Å². The normalized spacial score (nSPS) is 16.7. The molecule has 1 aliphatic heterocycles. The van der Waals surface area contributed by atoms with Gasteiger partial charge in [-0.1, -0.05) is 6.07 Å². The van der Waals surface area contributed by atoms with Crippen LogP contribution in [0.2, 0.25) is 0 Å². The predicted molar refractivity (Wildman–Crippen MR) is 131 cm³/mol. The Bertz CT molecular complexity index is 1070. The summed E-state index contributed by atoms with van der Waals surface area (Å²) in [6.45, 7) is 9.44. The Kier molecular flexibility index (Phi) is 8.90. The maximum atomic E-state index is 14.6. The third-order valence-electron chi connectivity index (χ3n) is 5.57. The van der Waals surface area contributed by atoms with Crippen molar-refractivity contribution in [3.8, 4) is 0 Å². The summed E-state index contributed by atoms with van der Waals surface area (Å²) >= 11 is 1.06. The van der Waals surface area contributed by atoms with E-state index in [1.165, 1.54) is 29.2 Å². The third-order valence-corrected chi connectivity index (χ3v) is 6.61. The van der Waals surface area contributed by atoms with Gasteiger partial charge in [0.25, 0.3) is 0 Å². The molecule has 35 heavy (non-hydrogen) atoms. The van der Waals surface area contributed by atoms with Crippen molar-refractivity contribution in [2.24, 2.45) is 0 Å². The van der Waals surface area contributed by atoms with Crippen LogP contribution in [0.15, 0.2) is 41.3 Å². The van der Waals surface area contributed by atoms with Crippen LogP contribution in [0.3, 0.4) is 0 Å². The van der Waals surface area contributed by atoms with Crippen molar-refractivity contribution in [3.05, 3.63) is 64.7 Å². The lowest BCUT2D eigenvalue weighted by Gasteiger charge is -2.37. The van der Waals surface area contributed by atoms with Gasteiger partial charge in [-0.2, -0.15) is 0 Å². The molecule has 0 aliphatic carbocycles. The van der Waals surface area contributed by atoms with Gasteiger partial charge in [0, 0.05) is 31.6 Å². The zero-order chi connectivity index (χ0) is 25.8. The molecule has 0 unspecified atom stereocenters. The number of nitrogens with zero attached hydrogens (tertiary/aromatic N) is 2. The number of hydrogen-bond donors (Lipinski definition) is 0. The van der Waals surface area contributed by atoms with Crippen molar-refractivity contribution in [2.45, 2.75) is 51.0 Å². The highest BCUT2D eigenvalue weighted by molar-refractivity contribution is 8.00. The van der Waals surface area contributed by atoms with Crippen molar-refractivity contribution in [3.63, 3.8) is 0 Å². The first-order valence-electron chi connectivity index (χ1n) is 11.4. The fraction of sp³-hybridized carbons (Fsp3) is 0.462. The summed E-state index contributed by atoms with van der Waals surface area (Å²) in [6.07, 6.45) is -0.433. The molecule has 1 atom stereocenters. The quantitative estimate of drug-likeness (QED) is 0.403. The van der Waals surface area contributed by atoms with E-state index < -0.39 is 23.6 Å². The van der Waals surface area contributed by atoms with Crippen LogP contribution >= 0.6 is 11.8 Å². The van der Waals surface area contributed by atoms with Crippen LogP contribution in [-0.2, 0) is 20.8 Å². The van der Waals surface area contributed by atoms with Crippen molar-refractivity contribution < 1.29 is 27.8 Å². The summed E-state index contributed by atoms with van der Waals surface area (Å²) in [7, 11) is 1.67. The molecule has 9 heteroatoms. The van der Waals surface area contributed by atoms with Crippen LogP contribution in [0.4, 0.5) is 8.78 Å². The molecule has 0 aromatic heterocycles. The molecule has 1 fully saturated rings. The van der Waals surface area contributed by atoms with E-state index in [9.17, 15) is 18.4 Å². The number of ether oxygens (including phenoxy) is 2. The fourth-order valence-corrected chi connectivity index (χ4v) is 4.47. The van der Waals surface area contributed by atoms with Crippen molar-refractivity contribution in [2.75, 3.05) is 32.5 Å². The number of thioether (sulfide) groups is 1. The Morgan fingerprint density at radius 2 is 1.94 bits per heavy atom. The maximum Gasteiger partial charge on any atom is 0.338 e. The highest BCUT2D eigenvalue weighted by Gasteiger charge is 2.27. The summed E-state index contributed by atoms with van der Waals surface area (Å²) in [4.78, 5) is 28.9. The molecule has 1 saturated heterocycles. The van der Waals surface area contributed by atoms with Gasteiger partial charge in [0.15, 0.2) is 0 Å². The number of benzene rings is 2. The number of amides is 1. The number of carbonyl (C=O) groups is 2. The summed E-state index contributed by atoms with van der Waals surface area (Å²) in [6, 6.07) is 8.85. The van der Waals surface area contributed by atoms with E-state index in [-0.39, 0.29) is 27.9 Å². The van der Waals surface area contributed by atoms with Crippen LogP contribution in [0.25, 0.3) is 0 Å². The van der Waals surface area contributed by atoms with E-state index in [1.807, 2.05) is 6.92 Å². The number of halogens is 2. The second kappa shape index (κ2) is 11.5. The Balaban J connectivity index is 1.54. The van der Waals surface area contributed by atoms with Crippen LogP contribution in [-0.4, -0.2) is 66.0 Å². The Morgan fingerprint density at radius 1 is 1.20 bits per heavy atom. The smallest absolute Gasteiger partial charge is 0.338 e. The van der Waals surface area contributed by atoms with E-state index in [0.29, 0.717) is 26.2 Å². The van der Waals surface area contributed by atoms with Crippen LogP contribution in [0, 0.1) is 18.6 Å². The Labute approximate surface area is 209 Å². The van der Waals surface area contributed by atoms with Crippen LogP contribution in [0.1, 0.15) is 42.3 Å². The van der Waals surface area contributed by atoms with Crippen molar-refractivity contribution >= 4 is 23.6 Å². The average Bonchev–Trinajstić information content (AvgIpc) is 2.78. The molecular weight excluding hydrogens is 474 g/mol. The minimum Gasteiger partial charge on any atom is -0.456 e. The second-order valence-electron chi connectivity index (χ2n) is 9.57. The van der Waals surface area contributed by atoms with Gasteiger partial charge in [-0.05, 0) is 69.2 Å². The number of likely N-dealkylation sites (N-methyl/N-ethyl adjacent to an activating group) is 1. The lowest BCUT2D eigenvalue weighted by molar-refractivity contribution is -0.149. The SMILES string of the molecule is Cc1cc(F)ccc1CN1CCO[C@H](N(C)C(=O)CSc2ccc(C(=O)OC(C)(C)C)cc2F)C1. The molecule has 0 bridgehead atoms. The van der Waals surface area contributed by atoms with Gasteiger partial charge in [0.05, 0.1) is 17.9 Å². The molecule has 3 rings (SSSR count). The van der Waals surface area contributed by atoms with Gasteiger partial charge in [-0.15, -0.1) is 11.8 Å². The fourth-order valence-electron chi connectivity index (χ4n) is 3.62. The minimum absolute atomic E-state index is 0.0239. The molecule has 6 nitrogen and oxygen atoms in total. The molecule has 0 saturated carbocycles. The molecule has 190 valence electrons. The number of morpholine rings is 1. The zero-order valence-electron chi connectivity index (χ0n) is 20.8. The molecule has 2 aromatic rings. The predicted octanol–water partition coefficient (Wildman–Crippen LogP) is 4.64. The number of aryl methyl sites for hydroxylation is 1. The molecule has 0 N–H and O–H groups in total. The molecule has 1 aliphatic rings. The summed E-state index contributed by atoms with van der Waals surface area (Å²) < 4.78 is 39.0. The second-order valence-corrected chi connectivity index (χ2v) is 10.6. The summed E-state index contributed by atoms with van der Waals surface area (Å²) in [5.41, 5.74) is 1.36. The van der Waals surface area contributed by atoms with Gasteiger partial charge in [-0.3, -0.25) is 9.69 Å². The number of rotatable bonds is 7. The maximum absolute atomic E-state index is 14.6. The van der Waals surface area contributed by atoms with Crippen molar-refractivity contribution in [1.82, 2.24) is 9.80 Å². The van der Waals surface area contributed by atoms with Crippen LogP contribution < -0.4 is 0 Å². The Hall–Kier alpha value is -2.49. The first kappa shape index (κ1) is 27.1. The number of carbonyl (C=O) groups excluding carboxylic acids is 2. The largest absolute Gasteiger partial charge is 0.456 e. The van der Waals surface area contributed by atoms with E-state index in [4.69, 9.17) is 9.47 Å². The van der Waals surface area contributed by atoms with Gasteiger partial charge in [0.1, 0.15) is 23.5 Å². The third kappa shape index (κ3) is 7.75.